The Morgan fingerprint density at radius 1 is 1.35 bits per heavy atom. The largest absolute Gasteiger partial charge is 0.398 e. The summed E-state index contributed by atoms with van der Waals surface area (Å²) in [5.41, 5.74) is 7.76. The molecular weight excluding hydrogens is 216 g/mol. The van der Waals surface area contributed by atoms with E-state index >= 15 is 0 Å². The lowest BCUT2D eigenvalue weighted by Crippen LogP contribution is -2.17. The normalized spacial score (nSPS) is 10.6. The summed E-state index contributed by atoms with van der Waals surface area (Å²) in [6.07, 6.45) is 0.754. The second-order valence-electron chi connectivity index (χ2n) is 3.86. The molecule has 5 nitrogen and oxygen atoms in total. The quantitative estimate of drug-likeness (QED) is 0.600. The van der Waals surface area contributed by atoms with Gasteiger partial charge in [0.25, 0.3) is 0 Å². The molecule has 1 heterocycles. The summed E-state index contributed by atoms with van der Waals surface area (Å²) in [6, 6.07) is 7.83. The molecule has 0 amide bonds. The Morgan fingerprint density at radius 3 is 2.88 bits per heavy atom. The average molecular weight is 232 g/mol. The van der Waals surface area contributed by atoms with E-state index in [1.165, 1.54) is 0 Å². The van der Waals surface area contributed by atoms with E-state index in [0.29, 0.717) is 5.89 Å². The van der Waals surface area contributed by atoms with Gasteiger partial charge in [0.15, 0.2) is 5.82 Å². The number of nitrogens with two attached hydrogens (primary N) is 1. The molecule has 1 aromatic carbocycles. The highest BCUT2D eigenvalue weighted by molar-refractivity contribution is 5.46. The first-order chi connectivity index (χ1) is 8.25. The van der Waals surface area contributed by atoms with E-state index in [2.05, 4.69) is 15.5 Å². The number of nitrogens with one attached hydrogen (secondary N) is 1. The minimum absolute atomic E-state index is 0.604. The number of benzene rings is 1. The van der Waals surface area contributed by atoms with Crippen LogP contribution in [-0.2, 0) is 13.0 Å². The van der Waals surface area contributed by atoms with Crippen LogP contribution in [0.1, 0.15) is 17.3 Å². The van der Waals surface area contributed by atoms with Crippen molar-refractivity contribution in [2.24, 2.45) is 0 Å². The van der Waals surface area contributed by atoms with Gasteiger partial charge in [-0.05, 0) is 11.6 Å². The summed E-state index contributed by atoms with van der Waals surface area (Å²) < 4.78 is 4.89. The monoisotopic (exact) mass is 232 g/mol. The standard InChI is InChI=1S/C12H16N4O/c1-9-15-12(16-17-9)6-7-14-8-10-4-2-3-5-11(10)13/h2-5,14H,6-8,13H2,1H3. The summed E-state index contributed by atoms with van der Waals surface area (Å²) in [6.45, 7) is 3.34. The van der Waals surface area contributed by atoms with Crippen LogP contribution >= 0.6 is 0 Å². The van der Waals surface area contributed by atoms with Crippen molar-refractivity contribution in [3.8, 4) is 0 Å². The van der Waals surface area contributed by atoms with Gasteiger partial charge in [0.1, 0.15) is 0 Å². The van der Waals surface area contributed by atoms with Gasteiger partial charge in [-0.3, -0.25) is 0 Å². The van der Waals surface area contributed by atoms with Gasteiger partial charge in [0.2, 0.25) is 5.89 Å². The van der Waals surface area contributed by atoms with Gasteiger partial charge in [-0.25, -0.2) is 0 Å². The molecule has 2 aromatic rings. The van der Waals surface area contributed by atoms with Gasteiger partial charge in [-0.2, -0.15) is 4.98 Å². The molecule has 0 aliphatic heterocycles. The van der Waals surface area contributed by atoms with Crippen molar-refractivity contribution in [2.45, 2.75) is 19.9 Å². The van der Waals surface area contributed by atoms with Crippen molar-refractivity contribution in [2.75, 3.05) is 12.3 Å². The highest BCUT2D eigenvalue weighted by atomic mass is 16.5. The first kappa shape index (κ1) is 11.6. The number of rotatable bonds is 5. The molecule has 0 atom stereocenters. The van der Waals surface area contributed by atoms with E-state index in [-0.39, 0.29) is 0 Å². The Morgan fingerprint density at radius 2 is 2.18 bits per heavy atom. The highest BCUT2D eigenvalue weighted by Crippen LogP contribution is 2.09. The maximum absolute atomic E-state index is 5.84. The Bertz CT molecular complexity index is 481. The average Bonchev–Trinajstić information content (AvgIpc) is 2.73. The summed E-state index contributed by atoms with van der Waals surface area (Å²) in [7, 11) is 0. The first-order valence-electron chi connectivity index (χ1n) is 5.59. The fraction of sp³-hybridized carbons (Fsp3) is 0.333. The van der Waals surface area contributed by atoms with E-state index in [1.54, 1.807) is 6.92 Å². The van der Waals surface area contributed by atoms with Crippen LogP contribution in [0.2, 0.25) is 0 Å². The van der Waals surface area contributed by atoms with Crippen molar-refractivity contribution in [3.63, 3.8) is 0 Å². The van der Waals surface area contributed by atoms with Gasteiger partial charge in [-0.1, -0.05) is 23.4 Å². The number of hydrogen-bond acceptors (Lipinski definition) is 5. The lowest BCUT2D eigenvalue weighted by Gasteiger charge is -2.05. The van der Waals surface area contributed by atoms with Crippen LogP contribution < -0.4 is 11.1 Å². The molecule has 0 spiro atoms. The summed E-state index contributed by atoms with van der Waals surface area (Å²) in [5.74, 6) is 1.34. The number of para-hydroxylation sites is 1. The molecule has 0 unspecified atom stereocenters. The fourth-order valence-electron chi connectivity index (χ4n) is 1.56. The fourth-order valence-corrected chi connectivity index (χ4v) is 1.56. The predicted octanol–water partition coefficient (Wildman–Crippen LogP) is 1.29. The minimum atomic E-state index is 0.604. The first-order valence-corrected chi connectivity index (χ1v) is 5.59. The van der Waals surface area contributed by atoms with E-state index in [4.69, 9.17) is 10.3 Å². The Labute approximate surface area is 100 Å². The number of hydrogen-bond donors (Lipinski definition) is 2. The summed E-state index contributed by atoms with van der Waals surface area (Å²) >= 11 is 0. The molecule has 90 valence electrons. The maximum Gasteiger partial charge on any atom is 0.223 e. The number of nitrogen functional groups attached to an aromatic ring is 1. The number of nitrogens with zero attached hydrogens (tertiary/aromatic N) is 2. The smallest absolute Gasteiger partial charge is 0.223 e. The number of aromatic nitrogens is 2. The molecule has 0 aliphatic rings. The molecule has 2 rings (SSSR count). The van der Waals surface area contributed by atoms with Crippen molar-refractivity contribution >= 4 is 5.69 Å². The molecular formula is C12H16N4O. The Balaban J connectivity index is 1.75. The van der Waals surface area contributed by atoms with Crippen molar-refractivity contribution in [1.82, 2.24) is 15.5 Å². The molecule has 17 heavy (non-hydrogen) atoms. The minimum Gasteiger partial charge on any atom is -0.398 e. The van der Waals surface area contributed by atoms with E-state index in [0.717, 1.165) is 36.6 Å². The van der Waals surface area contributed by atoms with Crippen LogP contribution in [0, 0.1) is 6.92 Å². The van der Waals surface area contributed by atoms with E-state index in [9.17, 15) is 0 Å². The van der Waals surface area contributed by atoms with Crippen LogP contribution in [-0.4, -0.2) is 16.7 Å². The second-order valence-corrected chi connectivity index (χ2v) is 3.86. The molecule has 0 aliphatic carbocycles. The van der Waals surface area contributed by atoms with Gasteiger partial charge in [0, 0.05) is 32.1 Å². The molecule has 1 aromatic heterocycles. The van der Waals surface area contributed by atoms with Gasteiger partial charge < -0.3 is 15.6 Å². The third-order valence-corrected chi connectivity index (χ3v) is 2.47. The zero-order valence-corrected chi connectivity index (χ0v) is 9.81. The second kappa shape index (κ2) is 5.45. The Kier molecular flexibility index (Phi) is 3.72. The van der Waals surface area contributed by atoms with Gasteiger partial charge in [0.05, 0.1) is 0 Å². The van der Waals surface area contributed by atoms with E-state index < -0.39 is 0 Å². The topological polar surface area (TPSA) is 77.0 Å². The zero-order chi connectivity index (χ0) is 12.1. The van der Waals surface area contributed by atoms with Crippen LogP contribution in [0.5, 0.6) is 0 Å². The zero-order valence-electron chi connectivity index (χ0n) is 9.81. The molecule has 3 N–H and O–H groups in total. The lowest BCUT2D eigenvalue weighted by atomic mass is 10.2. The van der Waals surface area contributed by atoms with Crippen LogP contribution in [0.15, 0.2) is 28.8 Å². The third kappa shape index (κ3) is 3.29. The molecule has 0 radical (unpaired) electrons. The van der Waals surface area contributed by atoms with Crippen molar-refractivity contribution < 1.29 is 4.52 Å². The van der Waals surface area contributed by atoms with Gasteiger partial charge in [-0.15, -0.1) is 0 Å². The van der Waals surface area contributed by atoms with Crippen LogP contribution in [0.4, 0.5) is 5.69 Å². The Hall–Kier alpha value is -1.88. The molecule has 0 fully saturated rings. The highest BCUT2D eigenvalue weighted by Gasteiger charge is 2.01. The molecule has 5 heteroatoms. The van der Waals surface area contributed by atoms with E-state index in [1.807, 2.05) is 24.3 Å². The molecule has 0 saturated carbocycles. The van der Waals surface area contributed by atoms with Crippen LogP contribution in [0.25, 0.3) is 0 Å². The lowest BCUT2D eigenvalue weighted by molar-refractivity contribution is 0.387. The summed E-state index contributed by atoms with van der Waals surface area (Å²) in [5, 5.41) is 7.13. The molecule has 0 saturated heterocycles. The number of anilines is 1. The van der Waals surface area contributed by atoms with Crippen LogP contribution in [0.3, 0.4) is 0 Å². The predicted molar refractivity (Wildman–Crippen MR) is 65.3 cm³/mol. The summed E-state index contributed by atoms with van der Waals surface area (Å²) in [4.78, 5) is 4.13. The third-order valence-electron chi connectivity index (χ3n) is 2.47. The van der Waals surface area contributed by atoms with Crippen molar-refractivity contribution in [1.29, 1.82) is 0 Å². The van der Waals surface area contributed by atoms with Crippen molar-refractivity contribution in [3.05, 3.63) is 41.5 Å². The molecule has 0 bridgehead atoms. The SMILES string of the molecule is Cc1nc(CCNCc2ccccc2N)no1. The maximum atomic E-state index is 5.84. The number of aryl methyl sites for hydroxylation is 1. The van der Waals surface area contributed by atoms with Gasteiger partial charge >= 0.3 is 0 Å².